The van der Waals surface area contributed by atoms with E-state index in [1.165, 1.54) is 18.4 Å². The lowest BCUT2D eigenvalue weighted by molar-refractivity contribution is 0.0694. The number of nitrogens with zero attached hydrogens (tertiary/aromatic N) is 1. The number of nitrogens with one attached hydrogen (secondary N) is 1. The third-order valence-electron chi connectivity index (χ3n) is 4.02. The van der Waals surface area contributed by atoms with E-state index in [0.717, 1.165) is 6.54 Å². The molecule has 0 aliphatic heterocycles. The molecule has 2 unspecified atom stereocenters. The van der Waals surface area contributed by atoms with Crippen molar-refractivity contribution in [3.05, 3.63) is 30.1 Å². The summed E-state index contributed by atoms with van der Waals surface area (Å²) in [4.78, 5) is 4.09. The van der Waals surface area contributed by atoms with E-state index < -0.39 is 0 Å². The second kappa shape index (κ2) is 4.54. The molecule has 2 atom stereocenters. The predicted octanol–water partition coefficient (Wildman–Crippen LogP) is 2.96. The van der Waals surface area contributed by atoms with E-state index in [0.29, 0.717) is 17.4 Å². The number of rotatable bonds is 4. The molecule has 2 rings (SSSR count). The van der Waals surface area contributed by atoms with Gasteiger partial charge in [-0.05, 0) is 48.4 Å². The zero-order chi connectivity index (χ0) is 11.6. The smallest absolute Gasteiger partial charge is 0.0270 e. The Morgan fingerprint density at radius 3 is 2.62 bits per heavy atom. The Labute approximate surface area is 98.5 Å². The Kier molecular flexibility index (Phi) is 3.29. The average molecular weight is 218 g/mol. The summed E-state index contributed by atoms with van der Waals surface area (Å²) in [6, 6.07) is 4.98. The summed E-state index contributed by atoms with van der Waals surface area (Å²) < 4.78 is 0. The highest BCUT2D eigenvalue weighted by molar-refractivity contribution is 5.25. The molecule has 0 spiro atoms. The van der Waals surface area contributed by atoms with Crippen LogP contribution in [-0.2, 0) is 0 Å². The second-order valence-corrected chi connectivity index (χ2v) is 5.40. The van der Waals surface area contributed by atoms with Crippen molar-refractivity contribution in [1.29, 1.82) is 0 Å². The molecule has 16 heavy (non-hydrogen) atoms. The minimum absolute atomic E-state index is 0.372. The Balaban J connectivity index is 2.01. The second-order valence-electron chi connectivity index (χ2n) is 5.40. The van der Waals surface area contributed by atoms with Crippen molar-refractivity contribution in [3.8, 4) is 0 Å². The van der Waals surface area contributed by atoms with Crippen molar-refractivity contribution in [1.82, 2.24) is 10.3 Å². The van der Waals surface area contributed by atoms with Crippen LogP contribution in [0.3, 0.4) is 0 Å². The first-order valence-electron chi connectivity index (χ1n) is 6.29. The molecule has 1 saturated carbocycles. The van der Waals surface area contributed by atoms with Crippen molar-refractivity contribution >= 4 is 0 Å². The van der Waals surface area contributed by atoms with Crippen LogP contribution in [-0.4, -0.2) is 17.6 Å². The molecule has 0 bridgehead atoms. The highest BCUT2D eigenvalue weighted by Crippen LogP contribution is 2.52. The summed E-state index contributed by atoms with van der Waals surface area (Å²) in [5.74, 6) is 0.685. The van der Waals surface area contributed by atoms with Gasteiger partial charge < -0.3 is 5.32 Å². The standard InChI is InChI=1S/C14H22N2/c1-4-7-16-13-10-12(14(13,2)3)11-5-8-15-9-6-11/h5-6,8-9,12-13,16H,4,7,10H2,1-3H3. The van der Waals surface area contributed by atoms with Crippen LogP contribution in [0.4, 0.5) is 0 Å². The first kappa shape index (κ1) is 11.6. The normalized spacial score (nSPS) is 27.4. The van der Waals surface area contributed by atoms with Gasteiger partial charge in [0.05, 0.1) is 0 Å². The lowest BCUT2D eigenvalue weighted by Crippen LogP contribution is -2.55. The maximum absolute atomic E-state index is 4.09. The summed E-state index contributed by atoms with van der Waals surface area (Å²) in [6.45, 7) is 8.10. The lowest BCUT2D eigenvalue weighted by atomic mass is 9.56. The molecule has 0 aromatic carbocycles. The van der Waals surface area contributed by atoms with Gasteiger partial charge >= 0.3 is 0 Å². The molecule has 2 heteroatoms. The topological polar surface area (TPSA) is 24.9 Å². The summed E-state index contributed by atoms with van der Waals surface area (Å²) in [6.07, 6.45) is 6.28. The van der Waals surface area contributed by atoms with Crippen LogP contribution in [0.25, 0.3) is 0 Å². The summed E-state index contributed by atoms with van der Waals surface area (Å²) in [7, 11) is 0. The van der Waals surface area contributed by atoms with Crippen LogP contribution in [0.2, 0.25) is 0 Å². The fourth-order valence-corrected chi connectivity index (χ4v) is 2.75. The minimum atomic E-state index is 0.372. The molecule has 2 nitrogen and oxygen atoms in total. The fourth-order valence-electron chi connectivity index (χ4n) is 2.75. The van der Waals surface area contributed by atoms with Crippen LogP contribution in [0.15, 0.2) is 24.5 Å². The molecular formula is C14H22N2. The van der Waals surface area contributed by atoms with E-state index >= 15 is 0 Å². The molecule has 1 heterocycles. The zero-order valence-electron chi connectivity index (χ0n) is 10.5. The molecule has 0 amide bonds. The maximum atomic E-state index is 4.09. The lowest BCUT2D eigenvalue weighted by Gasteiger charge is -2.53. The first-order valence-corrected chi connectivity index (χ1v) is 6.29. The van der Waals surface area contributed by atoms with Gasteiger partial charge in [-0.1, -0.05) is 20.8 Å². The van der Waals surface area contributed by atoms with Gasteiger partial charge in [-0.3, -0.25) is 4.98 Å². The quantitative estimate of drug-likeness (QED) is 0.840. The van der Waals surface area contributed by atoms with Gasteiger partial charge in [0.2, 0.25) is 0 Å². The highest BCUT2D eigenvalue weighted by Gasteiger charge is 2.47. The predicted molar refractivity (Wildman–Crippen MR) is 67.5 cm³/mol. The number of hydrogen-bond acceptors (Lipinski definition) is 2. The largest absolute Gasteiger partial charge is 0.313 e. The van der Waals surface area contributed by atoms with Crippen LogP contribution in [0.5, 0.6) is 0 Å². The van der Waals surface area contributed by atoms with E-state index in [4.69, 9.17) is 0 Å². The molecule has 1 fully saturated rings. The molecule has 1 aromatic rings. The van der Waals surface area contributed by atoms with Gasteiger partial charge in [-0.2, -0.15) is 0 Å². The average Bonchev–Trinajstić information content (AvgIpc) is 2.29. The summed E-state index contributed by atoms with van der Waals surface area (Å²) >= 11 is 0. The van der Waals surface area contributed by atoms with Gasteiger partial charge in [-0.25, -0.2) is 0 Å². The maximum Gasteiger partial charge on any atom is 0.0270 e. The van der Waals surface area contributed by atoms with Crippen LogP contribution in [0, 0.1) is 5.41 Å². The number of pyridine rings is 1. The molecule has 1 aliphatic rings. The Morgan fingerprint density at radius 1 is 1.38 bits per heavy atom. The van der Waals surface area contributed by atoms with Gasteiger partial charge in [-0.15, -0.1) is 0 Å². The minimum Gasteiger partial charge on any atom is -0.313 e. The zero-order valence-corrected chi connectivity index (χ0v) is 10.5. The SMILES string of the molecule is CCCNC1CC(c2ccncc2)C1(C)C. The van der Waals surface area contributed by atoms with Crippen molar-refractivity contribution < 1.29 is 0 Å². The highest BCUT2D eigenvalue weighted by atomic mass is 15.0. The van der Waals surface area contributed by atoms with Crippen molar-refractivity contribution in [3.63, 3.8) is 0 Å². The Bertz CT molecular complexity index is 332. The van der Waals surface area contributed by atoms with Gasteiger partial charge in [0.15, 0.2) is 0 Å². The van der Waals surface area contributed by atoms with Gasteiger partial charge in [0.1, 0.15) is 0 Å². The van der Waals surface area contributed by atoms with E-state index in [1.807, 2.05) is 12.4 Å². The van der Waals surface area contributed by atoms with Gasteiger partial charge in [0, 0.05) is 18.4 Å². The Hall–Kier alpha value is -0.890. The molecule has 1 N–H and O–H groups in total. The molecule has 88 valence electrons. The van der Waals surface area contributed by atoms with Crippen molar-refractivity contribution in [2.75, 3.05) is 6.54 Å². The van der Waals surface area contributed by atoms with Gasteiger partial charge in [0.25, 0.3) is 0 Å². The number of hydrogen-bond donors (Lipinski definition) is 1. The Morgan fingerprint density at radius 2 is 2.06 bits per heavy atom. The molecule has 0 saturated heterocycles. The molecule has 1 aliphatic carbocycles. The molecule has 0 radical (unpaired) electrons. The van der Waals surface area contributed by atoms with E-state index in [-0.39, 0.29) is 0 Å². The van der Waals surface area contributed by atoms with Crippen LogP contribution >= 0.6 is 0 Å². The van der Waals surface area contributed by atoms with Crippen molar-refractivity contribution in [2.45, 2.75) is 45.6 Å². The fraction of sp³-hybridized carbons (Fsp3) is 0.643. The monoisotopic (exact) mass is 218 g/mol. The van der Waals surface area contributed by atoms with Crippen molar-refractivity contribution in [2.24, 2.45) is 5.41 Å². The third-order valence-corrected chi connectivity index (χ3v) is 4.02. The molecule has 1 aromatic heterocycles. The molecular weight excluding hydrogens is 196 g/mol. The van der Waals surface area contributed by atoms with Crippen LogP contribution in [0.1, 0.15) is 45.1 Å². The summed E-state index contributed by atoms with van der Waals surface area (Å²) in [5.41, 5.74) is 1.81. The number of aromatic nitrogens is 1. The van der Waals surface area contributed by atoms with Crippen LogP contribution < -0.4 is 5.32 Å². The first-order chi connectivity index (χ1) is 7.66. The van der Waals surface area contributed by atoms with E-state index in [1.54, 1.807) is 0 Å². The summed E-state index contributed by atoms with van der Waals surface area (Å²) in [5, 5.41) is 3.64. The van der Waals surface area contributed by atoms with E-state index in [9.17, 15) is 0 Å². The third kappa shape index (κ3) is 1.99. The van der Waals surface area contributed by atoms with E-state index in [2.05, 4.69) is 43.2 Å².